The molecule has 0 spiro atoms. The van der Waals surface area contributed by atoms with Crippen LogP contribution < -0.4 is 5.32 Å². The van der Waals surface area contributed by atoms with E-state index in [1.807, 2.05) is 34.6 Å². The van der Waals surface area contributed by atoms with Gasteiger partial charge in [-0.05, 0) is 74.3 Å². The van der Waals surface area contributed by atoms with Crippen LogP contribution in [0.1, 0.15) is 67.7 Å². The van der Waals surface area contributed by atoms with Gasteiger partial charge >= 0.3 is 20.9 Å². The van der Waals surface area contributed by atoms with Crippen molar-refractivity contribution in [1.29, 1.82) is 0 Å². The van der Waals surface area contributed by atoms with Gasteiger partial charge in [0.15, 0.2) is 0 Å². The van der Waals surface area contributed by atoms with Crippen LogP contribution in [-0.2, 0) is 27.5 Å². The number of nitrogens with zero attached hydrogens (tertiary/aromatic N) is 1. The second-order valence-corrected chi connectivity index (χ2v) is 13.2. The fourth-order valence-corrected chi connectivity index (χ4v) is 8.22. The summed E-state index contributed by atoms with van der Waals surface area (Å²) >= 11 is 0. The molecule has 4 unspecified atom stereocenters. The average molecular weight is 473 g/mol. The summed E-state index contributed by atoms with van der Waals surface area (Å²) in [5.74, 6) is -0.372. The average Bonchev–Trinajstić information content (AvgIpc) is 3.31. The maximum atomic E-state index is 12.6. The standard InChI is InChI=1S/C22H40N2O7Si/c1-15(27-19(25)17-10-8-12-24(17)20(26)28-21(3,4)5)14-23-11-9-13-32-29-16(2)18(30-32)22(6,7)31-32/h15-18,23H,8-14H2,1-7H3/t15?,16?,17-,18?,32?/m0/s1. The van der Waals surface area contributed by atoms with Crippen LogP contribution >= 0.6 is 0 Å². The number of fused-ring (bicyclic) bond motifs is 2. The molecule has 3 fully saturated rings. The lowest BCUT2D eigenvalue weighted by molar-refractivity contribution is -0.153. The fourth-order valence-electron chi connectivity index (χ4n) is 4.65. The minimum absolute atomic E-state index is 0.0115. The molecule has 10 heteroatoms. The van der Waals surface area contributed by atoms with Crippen molar-refractivity contribution >= 4 is 20.9 Å². The largest absolute Gasteiger partial charge is 0.502 e. The van der Waals surface area contributed by atoms with E-state index in [-0.39, 0.29) is 29.9 Å². The van der Waals surface area contributed by atoms with Crippen LogP contribution in [0.25, 0.3) is 0 Å². The number of nitrogens with one attached hydrogen (secondary N) is 1. The lowest BCUT2D eigenvalue weighted by Crippen LogP contribution is -2.50. The molecule has 0 saturated carbocycles. The first kappa shape index (κ1) is 25.4. The normalized spacial score (nSPS) is 32.2. The number of hydrogen-bond acceptors (Lipinski definition) is 8. The van der Waals surface area contributed by atoms with Crippen LogP contribution in [0.2, 0.25) is 6.04 Å². The first-order chi connectivity index (χ1) is 14.8. The van der Waals surface area contributed by atoms with E-state index in [0.717, 1.165) is 25.4 Å². The Balaban J connectivity index is 1.36. The van der Waals surface area contributed by atoms with E-state index in [1.54, 1.807) is 0 Å². The van der Waals surface area contributed by atoms with Gasteiger partial charge in [0.05, 0.1) is 11.7 Å². The van der Waals surface area contributed by atoms with Crippen molar-refractivity contribution in [2.45, 2.75) is 109 Å². The molecule has 9 nitrogen and oxygen atoms in total. The molecule has 32 heavy (non-hydrogen) atoms. The number of ether oxygens (including phenoxy) is 2. The number of esters is 1. The molecule has 3 aliphatic heterocycles. The van der Waals surface area contributed by atoms with E-state index >= 15 is 0 Å². The topological polar surface area (TPSA) is 95.6 Å². The molecule has 1 amide bonds. The predicted octanol–water partition coefficient (Wildman–Crippen LogP) is 2.85. The van der Waals surface area contributed by atoms with Gasteiger partial charge < -0.3 is 28.1 Å². The Kier molecular flexibility index (Phi) is 7.61. The second kappa shape index (κ2) is 9.58. The number of rotatable bonds is 8. The molecule has 0 aromatic rings. The van der Waals surface area contributed by atoms with Crippen LogP contribution in [0.15, 0.2) is 0 Å². The van der Waals surface area contributed by atoms with Gasteiger partial charge in [-0.1, -0.05) is 0 Å². The van der Waals surface area contributed by atoms with Crippen LogP contribution in [-0.4, -0.2) is 81.0 Å². The van der Waals surface area contributed by atoms with Gasteiger partial charge in [0.2, 0.25) is 0 Å². The Morgan fingerprint density at radius 3 is 2.62 bits per heavy atom. The van der Waals surface area contributed by atoms with Crippen LogP contribution in [0.3, 0.4) is 0 Å². The molecule has 3 heterocycles. The number of amides is 1. The van der Waals surface area contributed by atoms with Crippen molar-refractivity contribution in [3.63, 3.8) is 0 Å². The molecule has 184 valence electrons. The van der Waals surface area contributed by atoms with Gasteiger partial charge in [-0.15, -0.1) is 0 Å². The molecule has 3 aliphatic rings. The summed E-state index contributed by atoms with van der Waals surface area (Å²) in [5.41, 5.74) is -0.881. The zero-order chi connectivity index (χ0) is 23.7. The molecule has 1 N–H and O–H groups in total. The minimum Gasteiger partial charge on any atom is -0.460 e. The SMILES string of the molecule is CC(CNCCC[Si]12OC(C)C(O1)C(C)(C)O2)OC(=O)[C@@H]1CCCN1C(=O)OC(C)(C)C. The van der Waals surface area contributed by atoms with Crippen molar-refractivity contribution in [1.82, 2.24) is 10.2 Å². The van der Waals surface area contributed by atoms with E-state index < -0.39 is 26.5 Å². The van der Waals surface area contributed by atoms with Crippen molar-refractivity contribution in [3.05, 3.63) is 0 Å². The quantitative estimate of drug-likeness (QED) is 0.327. The third-order valence-electron chi connectivity index (χ3n) is 5.94. The number of carbonyl (C=O) groups excluding carboxylic acids is 2. The van der Waals surface area contributed by atoms with Crippen molar-refractivity contribution in [2.24, 2.45) is 0 Å². The highest BCUT2D eigenvalue weighted by molar-refractivity contribution is 6.62. The van der Waals surface area contributed by atoms with Gasteiger partial charge in [0.25, 0.3) is 0 Å². The van der Waals surface area contributed by atoms with Gasteiger partial charge in [0.1, 0.15) is 23.9 Å². The minimum atomic E-state index is -2.56. The monoisotopic (exact) mass is 472 g/mol. The van der Waals surface area contributed by atoms with Crippen LogP contribution in [0.4, 0.5) is 4.79 Å². The Morgan fingerprint density at radius 1 is 1.28 bits per heavy atom. The lowest BCUT2D eigenvalue weighted by Gasteiger charge is -2.34. The summed E-state index contributed by atoms with van der Waals surface area (Å²) < 4.78 is 29.3. The second-order valence-electron chi connectivity index (χ2n) is 10.6. The third-order valence-corrected chi connectivity index (χ3v) is 9.09. The van der Waals surface area contributed by atoms with Gasteiger partial charge in [-0.25, -0.2) is 9.59 Å². The maximum absolute atomic E-state index is 12.6. The first-order valence-electron chi connectivity index (χ1n) is 11.8. The van der Waals surface area contributed by atoms with Crippen molar-refractivity contribution in [3.8, 4) is 0 Å². The predicted molar refractivity (Wildman–Crippen MR) is 120 cm³/mol. The molecule has 3 saturated heterocycles. The van der Waals surface area contributed by atoms with E-state index in [1.165, 1.54) is 4.90 Å². The van der Waals surface area contributed by atoms with E-state index in [9.17, 15) is 9.59 Å². The van der Waals surface area contributed by atoms with Crippen molar-refractivity contribution < 1.29 is 32.3 Å². The molecule has 0 radical (unpaired) electrons. The fraction of sp³-hybridized carbons (Fsp3) is 0.909. The lowest BCUT2D eigenvalue weighted by atomic mass is 9.98. The van der Waals surface area contributed by atoms with E-state index in [2.05, 4.69) is 19.2 Å². The smallest absolute Gasteiger partial charge is 0.460 e. The number of hydrogen-bond donors (Lipinski definition) is 1. The highest BCUT2D eigenvalue weighted by Gasteiger charge is 2.65. The summed E-state index contributed by atoms with van der Waals surface area (Å²) in [5, 5.41) is 3.33. The zero-order valence-corrected chi connectivity index (χ0v) is 21.6. The zero-order valence-electron chi connectivity index (χ0n) is 20.6. The van der Waals surface area contributed by atoms with Gasteiger partial charge in [-0.2, -0.15) is 0 Å². The molecule has 0 aliphatic carbocycles. The highest BCUT2D eigenvalue weighted by Crippen LogP contribution is 2.45. The van der Waals surface area contributed by atoms with Gasteiger partial charge in [0, 0.05) is 19.1 Å². The van der Waals surface area contributed by atoms with E-state index in [0.29, 0.717) is 19.5 Å². The van der Waals surface area contributed by atoms with Crippen molar-refractivity contribution in [2.75, 3.05) is 19.6 Å². The Bertz CT molecular complexity index is 698. The third kappa shape index (κ3) is 6.02. The molecule has 0 aromatic carbocycles. The highest BCUT2D eigenvalue weighted by atomic mass is 28.4. The molecule has 0 aromatic heterocycles. The molecule has 3 rings (SSSR count). The maximum Gasteiger partial charge on any atom is 0.502 e. The number of carbonyl (C=O) groups is 2. The summed E-state index contributed by atoms with van der Waals surface area (Å²) in [6, 6.07) is 0.192. The van der Waals surface area contributed by atoms with E-state index in [4.69, 9.17) is 22.8 Å². The Hall–Kier alpha value is -1.20. The molecular weight excluding hydrogens is 432 g/mol. The summed E-state index contributed by atoms with van der Waals surface area (Å²) in [6.45, 7) is 15.3. The van der Waals surface area contributed by atoms with Crippen LogP contribution in [0, 0.1) is 0 Å². The Morgan fingerprint density at radius 2 is 2.00 bits per heavy atom. The first-order valence-corrected chi connectivity index (χ1v) is 13.7. The molecular formula is C22H40N2O7Si. The number of likely N-dealkylation sites (tertiary alicyclic amines) is 1. The Labute approximate surface area is 192 Å². The summed E-state index contributed by atoms with van der Waals surface area (Å²) in [6.07, 6.45) is 1.55. The molecule has 5 atom stereocenters. The summed E-state index contributed by atoms with van der Waals surface area (Å²) in [4.78, 5) is 26.5. The summed E-state index contributed by atoms with van der Waals surface area (Å²) in [7, 11) is -2.56. The van der Waals surface area contributed by atoms with Crippen LogP contribution in [0.5, 0.6) is 0 Å². The van der Waals surface area contributed by atoms with Gasteiger partial charge in [-0.3, -0.25) is 4.90 Å². The molecule has 2 bridgehead atoms.